The zero-order valence-corrected chi connectivity index (χ0v) is 5.64. The molecule has 0 bridgehead atoms. The van der Waals surface area contributed by atoms with Gasteiger partial charge in [-0.1, -0.05) is 0 Å². The van der Waals surface area contributed by atoms with E-state index in [0.717, 1.165) is 0 Å². The summed E-state index contributed by atoms with van der Waals surface area (Å²) in [6, 6.07) is 0. The Bertz CT molecular complexity index is 83.8. The number of hydrogen-bond donors (Lipinski definition) is 4. The van der Waals surface area contributed by atoms with Crippen molar-refractivity contribution in [3.05, 3.63) is 6.92 Å². The topological polar surface area (TPSA) is 80.9 Å². The summed E-state index contributed by atoms with van der Waals surface area (Å²) in [5.41, 5.74) is 0. The molecule has 3 unspecified atom stereocenters. The van der Waals surface area contributed by atoms with Gasteiger partial charge in [-0.2, -0.15) is 0 Å². The Morgan fingerprint density at radius 3 is 2.00 bits per heavy atom. The molecule has 4 N–H and O–H groups in total. The van der Waals surface area contributed by atoms with E-state index in [2.05, 4.69) is 6.92 Å². The first-order chi connectivity index (χ1) is 4.57. The predicted octanol–water partition coefficient (Wildman–Crippen LogP) is -1.71. The van der Waals surface area contributed by atoms with E-state index in [1.807, 2.05) is 0 Å². The van der Waals surface area contributed by atoms with Crippen LogP contribution in [0.2, 0.25) is 0 Å². The van der Waals surface area contributed by atoms with Crippen LogP contribution >= 0.6 is 0 Å². The van der Waals surface area contributed by atoms with Crippen LogP contribution in [-0.4, -0.2) is 45.3 Å². The number of rotatable bonds is 4. The molecule has 0 aromatic carbocycles. The highest BCUT2D eigenvalue weighted by Gasteiger charge is 2.15. The molecule has 0 amide bonds. The van der Waals surface area contributed by atoms with Crippen LogP contribution in [0.25, 0.3) is 0 Å². The number of aliphatic hydroxyl groups excluding tert-OH is 4. The largest absolute Gasteiger partial charge is 0.394 e. The molecule has 1 radical (unpaired) electrons. The Kier molecular flexibility index (Phi) is 4.55. The van der Waals surface area contributed by atoms with Gasteiger partial charge < -0.3 is 20.4 Å². The van der Waals surface area contributed by atoms with Crippen molar-refractivity contribution in [2.24, 2.45) is 0 Å². The van der Waals surface area contributed by atoms with E-state index in [9.17, 15) is 0 Å². The third kappa shape index (κ3) is 3.79. The molecule has 10 heavy (non-hydrogen) atoms. The van der Waals surface area contributed by atoms with Crippen LogP contribution in [-0.2, 0) is 0 Å². The van der Waals surface area contributed by atoms with Gasteiger partial charge in [-0.15, -0.1) is 0 Å². The molecule has 4 heteroatoms. The fourth-order valence-corrected chi connectivity index (χ4v) is 0.510. The third-order valence-electron chi connectivity index (χ3n) is 1.17. The van der Waals surface area contributed by atoms with Crippen LogP contribution in [0.4, 0.5) is 0 Å². The van der Waals surface area contributed by atoms with Crippen molar-refractivity contribution in [3.8, 4) is 0 Å². The molecule has 0 aromatic rings. The first-order valence-electron chi connectivity index (χ1n) is 3.06. The van der Waals surface area contributed by atoms with E-state index >= 15 is 0 Å². The third-order valence-corrected chi connectivity index (χ3v) is 1.17. The summed E-state index contributed by atoms with van der Waals surface area (Å²) in [6.45, 7) is 2.73. The second-order valence-corrected chi connectivity index (χ2v) is 2.21. The molecule has 0 heterocycles. The highest BCUT2D eigenvalue weighted by molar-refractivity contribution is 4.71. The molecule has 0 saturated carbocycles. The van der Waals surface area contributed by atoms with Crippen molar-refractivity contribution in [1.82, 2.24) is 0 Å². The summed E-state index contributed by atoms with van der Waals surface area (Å²) in [7, 11) is 0. The second kappa shape index (κ2) is 4.62. The van der Waals surface area contributed by atoms with Gasteiger partial charge >= 0.3 is 0 Å². The van der Waals surface area contributed by atoms with Crippen LogP contribution in [0.5, 0.6) is 0 Å². The van der Waals surface area contributed by atoms with Crippen molar-refractivity contribution >= 4 is 0 Å². The SMILES string of the molecule is [CH2]C(O)C(O)CC(O)CO. The van der Waals surface area contributed by atoms with Gasteiger partial charge in [-0.25, -0.2) is 0 Å². The average molecular weight is 149 g/mol. The van der Waals surface area contributed by atoms with Crippen LogP contribution in [0.15, 0.2) is 0 Å². The van der Waals surface area contributed by atoms with E-state index < -0.39 is 24.9 Å². The number of aliphatic hydroxyl groups is 4. The maximum absolute atomic E-state index is 8.84. The van der Waals surface area contributed by atoms with Gasteiger partial charge in [0.25, 0.3) is 0 Å². The molecule has 61 valence electrons. The minimum atomic E-state index is -1.11. The standard InChI is InChI=1S/C6H13O4/c1-4(8)6(10)2-5(9)3-7/h4-10H,1-3H2. The zero-order chi connectivity index (χ0) is 8.15. The Balaban J connectivity index is 3.46. The van der Waals surface area contributed by atoms with Crippen LogP contribution < -0.4 is 0 Å². The Labute approximate surface area is 59.7 Å². The summed E-state index contributed by atoms with van der Waals surface area (Å²) in [6.07, 6.45) is -3.21. The van der Waals surface area contributed by atoms with E-state index in [-0.39, 0.29) is 6.42 Å². The molecule has 0 saturated heterocycles. The lowest BCUT2D eigenvalue weighted by molar-refractivity contribution is -0.00641. The summed E-state index contributed by atoms with van der Waals surface area (Å²) >= 11 is 0. The Hall–Kier alpha value is -0.160. The lowest BCUT2D eigenvalue weighted by Crippen LogP contribution is -2.29. The van der Waals surface area contributed by atoms with Gasteiger partial charge in [0.2, 0.25) is 0 Å². The average Bonchev–Trinajstić information content (AvgIpc) is 1.87. The van der Waals surface area contributed by atoms with Gasteiger partial charge in [0.1, 0.15) is 0 Å². The first-order valence-corrected chi connectivity index (χ1v) is 3.06. The van der Waals surface area contributed by atoms with E-state index in [0.29, 0.717) is 0 Å². The molecule has 0 aliphatic heterocycles. The molecule has 0 fully saturated rings. The van der Waals surface area contributed by atoms with Crippen LogP contribution in [0.3, 0.4) is 0 Å². The summed E-state index contributed by atoms with van der Waals surface area (Å²) in [4.78, 5) is 0. The molecule has 0 aliphatic carbocycles. The van der Waals surface area contributed by atoms with E-state index in [1.165, 1.54) is 0 Å². The van der Waals surface area contributed by atoms with E-state index in [1.54, 1.807) is 0 Å². The molecule has 0 aliphatic rings. The van der Waals surface area contributed by atoms with Crippen molar-refractivity contribution in [1.29, 1.82) is 0 Å². The molecule has 0 spiro atoms. The first kappa shape index (κ1) is 9.84. The summed E-state index contributed by atoms with van der Waals surface area (Å²) < 4.78 is 0. The smallest absolute Gasteiger partial charge is 0.0824 e. The van der Waals surface area contributed by atoms with E-state index in [4.69, 9.17) is 20.4 Å². The molecule has 0 rings (SSSR count). The van der Waals surface area contributed by atoms with Crippen LogP contribution in [0, 0.1) is 6.92 Å². The Morgan fingerprint density at radius 1 is 1.20 bits per heavy atom. The maximum Gasteiger partial charge on any atom is 0.0824 e. The quantitative estimate of drug-likeness (QED) is 0.383. The van der Waals surface area contributed by atoms with Crippen molar-refractivity contribution in [2.75, 3.05) is 6.61 Å². The van der Waals surface area contributed by atoms with Gasteiger partial charge in [0.05, 0.1) is 24.9 Å². The van der Waals surface area contributed by atoms with Crippen molar-refractivity contribution in [3.63, 3.8) is 0 Å². The fourth-order valence-electron chi connectivity index (χ4n) is 0.510. The summed E-state index contributed by atoms with van der Waals surface area (Å²) in [5.74, 6) is 0. The lowest BCUT2D eigenvalue weighted by atomic mass is 10.1. The predicted molar refractivity (Wildman–Crippen MR) is 35.1 cm³/mol. The lowest BCUT2D eigenvalue weighted by Gasteiger charge is -2.15. The monoisotopic (exact) mass is 149 g/mol. The van der Waals surface area contributed by atoms with Gasteiger partial charge in [0.15, 0.2) is 0 Å². The minimum Gasteiger partial charge on any atom is -0.394 e. The Morgan fingerprint density at radius 2 is 1.70 bits per heavy atom. The highest BCUT2D eigenvalue weighted by Crippen LogP contribution is 2.01. The van der Waals surface area contributed by atoms with Gasteiger partial charge in [-0.05, 0) is 6.92 Å². The molecule has 0 aromatic heterocycles. The fraction of sp³-hybridized carbons (Fsp3) is 0.833. The maximum atomic E-state index is 8.84. The zero-order valence-electron chi connectivity index (χ0n) is 5.64. The molecular weight excluding hydrogens is 136 g/mol. The van der Waals surface area contributed by atoms with Gasteiger partial charge in [0, 0.05) is 6.42 Å². The highest BCUT2D eigenvalue weighted by atomic mass is 16.3. The van der Waals surface area contributed by atoms with Crippen LogP contribution in [0.1, 0.15) is 6.42 Å². The molecule has 4 nitrogen and oxygen atoms in total. The normalized spacial score (nSPS) is 20.1. The number of hydrogen-bond acceptors (Lipinski definition) is 4. The second-order valence-electron chi connectivity index (χ2n) is 2.21. The van der Waals surface area contributed by atoms with Crippen molar-refractivity contribution in [2.45, 2.75) is 24.7 Å². The summed E-state index contributed by atoms with van der Waals surface area (Å²) in [5, 5.41) is 34.5. The molecule has 3 atom stereocenters. The van der Waals surface area contributed by atoms with Gasteiger partial charge in [-0.3, -0.25) is 0 Å². The minimum absolute atomic E-state index is 0.0544. The molecular formula is C6H13O4. The van der Waals surface area contributed by atoms with Crippen molar-refractivity contribution < 1.29 is 20.4 Å².